The minimum Gasteiger partial charge on any atom is -0.462 e. The summed E-state index contributed by atoms with van der Waals surface area (Å²) in [6, 6.07) is 6.48. The molecule has 0 saturated heterocycles. The van der Waals surface area contributed by atoms with E-state index in [1.54, 1.807) is 29.6 Å². The molecule has 0 aliphatic carbocycles. The lowest BCUT2D eigenvalue weighted by molar-refractivity contribution is -0.115. The fourth-order valence-corrected chi connectivity index (χ4v) is 2.73. The smallest absolute Gasteiger partial charge is 0.413 e. The zero-order chi connectivity index (χ0) is 19.6. The number of hydrogen-bond acceptors (Lipinski definition) is 7. The third-order valence-corrected chi connectivity index (χ3v) is 4.23. The minimum absolute atomic E-state index is 0.0557. The Morgan fingerprint density at radius 2 is 1.89 bits per heavy atom. The predicted molar refractivity (Wildman–Crippen MR) is 102 cm³/mol. The van der Waals surface area contributed by atoms with Crippen LogP contribution in [0.25, 0.3) is 0 Å². The van der Waals surface area contributed by atoms with Gasteiger partial charge in [0.05, 0.1) is 31.4 Å². The molecular weight excluding hydrogens is 370 g/mol. The molecule has 0 spiro atoms. The van der Waals surface area contributed by atoms with Crippen LogP contribution in [0, 0.1) is 0 Å². The van der Waals surface area contributed by atoms with Gasteiger partial charge in [-0.2, -0.15) is 0 Å². The van der Waals surface area contributed by atoms with Gasteiger partial charge in [-0.05, 0) is 30.7 Å². The topological polar surface area (TPSA) is 107 Å². The van der Waals surface area contributed by atoms with E-state index in [-0.39, 0.29) is 18.3 Å². The molecule has 0 radical (unpaired) electrons. The number of anilines is 2. The van der Waals surface area contributed by atoms with E-state index < -0.39 is 6.09 Å². The van der Waals surface area contributed by atoms with Crippen molar-refractivity contribution < 1.29 is 23.9 Å². The molecule has 144 valence electrons. The first-order valence-electron chi connectivity index (χ1n) is 8.38. The Hall–Kier alpha value is -2.94. The van der Waals surface area contributed by atoms with Crippen LogP contribution in [0.5, 0.6) is 0 Å². The van der Waals surface area contributed by atoms with E-state index in [1.165, 1.54) is 18.4 Å². The molecule has 9 heteroatoms. The van der Waals surface area contributed by atoms with Crippen molar-refractivity contribution in [3.8, 4) is 0 Å². The summed E-state index contributed by atoms with van der Waals surface area (Å²) in [5.41, 5.74) is 1.52. The van der Waals surface area contributed by atoms with Crippen LogP contribution in [0.2, 0.25) is 0 Å². The molecule has 0 fully saturated rings. The van der Waals surface area contributed by atoms with Crippen LogP contribution in [0.1, 0.15) is 35.8 Å². The number of aromatic nitrogens is 1. The second-order valence-electron chi connectivity index (χ2n) is 5.55. The molecule has 0 saturated carbocycles. The predicted octanol–water partition coefficient (Wildman–Crippen LogP) is 3.46. The van der Waals surface area contributed by atoms with Crippen LogP contribution in [-0.2, 0) is 20.7 Å². The zero-order valence-electron chi connectivity index (χ0n) is 15.1. The van der Waals surface area contributed by atoms with Gasteiger partial charge in [-0.15, -0.1) is 11.3 Å². The van der Waals surface area contributed by atoms with Gasteiger partial charge in [0, 0.05) is 11.1 Å². The summed E-state index contributed by atoms with van der Waals surface area (Å²) in [6.07, 6.45) is 1.22. The number of esters is 1. The number of benzene rings is 1. The number of ether oxygens (including phenoxy) is 2. The third-order valence-electron chi connectivity index (χ3n) is 3.42. The Morgan fingerprint density at radius 3 is 2.56 bits per heavy atom. The van der Waals surface area contributed by atoms with Crippen molar-refractivity contribution in [1.82, 2.24) is 4.98 Å². The van der Waals surface area contributed by atoms with Gasteiger partial charge in [0.2, 0.25) is 5.91 Å². The van der Waals surface area contributed by atoms with Gasteiger partial charge in [-0.3, -0.25) is 10.1 Å². The molecule has 2 rings (SSSR count). The van der Waals surface area contributed by atoms with E-state index in [0.717, 1.165) is 12.8 Å². The molecule has 1 aromatic heterocycles. The Morgan fingerprint density at radius 1 is 1.15 bits per heavy atom. The average Bonchev–Trinajstić information content (AvgIpc) is 3.08. The molecule has 1 heterocycles. The van der Waals surface area contributed by atoms with Crippen LogP contribution in [0.15, 0.2) is 29.6 Å². The van der Waals surface area contributed by atoms with E-state index in [0.29, 0.717) is 28.7 Å². The number of methoxy groups -OCH3 is 1. The van der Waals surface area contributed by atoms with Gasteiger partial charge in [0.1, 0.15) is 0 Å². The third kappa shape index (κ3) is 6.70. The standard InChI is InChI=1S/C18H21N3O5S/c1-3-4-9-26-16(23)12-5-7-13(8-6-12)19-15(22)10-14-11-27-17(20-14)21-18(24)25-2/h5-8,11H,3-4,9-10H2,1-2H3,(H,19,22)(H,20,21,24). The summed E-state index contributed by atoms with van der Waals surface area (Å²) in [4.78, 5) is 39.2. The highest BCUT2D eigenvalue weighted by atomic mass is 32.1. The minimum atomic E-state index is -0.617. The molecule has 27 heavy (non-hydrogen) atoms. The summed E-state index contributed by atoms with van der Waals surface area (Å²) < 4.78 is 9.62. The maximum Gasteiger partial charge on any atom is 0.413 e. The summed E-state index contributed by atoms with van der Waals surface area (Å²) in [6.45, 7) is 2.42. The van der Waals surface area contributed by atoms with Crippen molar-refractivity contribution in [2.24, 2.45) is 0 Å². The largest absolute Gasteiger partial charge is 0.462 e. The molecule has 0 atom stereocenters. The van der Waals surface area contributed by atoms with E-state index >= 15 is 0 Å². The molecule has 2 amide bonds. The first-order valence-corrected chi connectivity index (χ1v) is 9.26. The first kappa shape index (κ1) is 20.4. The summed E-state index contributed by atoms with van der Waals surface area (Å²) in [5, 5.41) is 7.21. The summed E-state index contributed by atoms with van der Waals surface area (Å²) in [5.74, 6) is -0.641. The Labute approximate surface area is 160 Å². The molecule has 0 unspecified atom stereocenters. The summed E-state index contributed by atoms with van der Waals surface area (Å²) in [7, 11) is 1.26. The van der Waals surface area contributed by atoms with Crippen molar-refractivity contribution in [1.29, 1.82) is 0 Å². The maximum absolute atomic E-state index is 12.1. The number of nitrogens with one attached hydrogen (secondary N) is 2. The Bertz CT molecular complexity index is 789. The molecule has 1 aromatic carbocycles. The van der Waals surface area contributed by atoms with E-state index in [2.05, 4.69) is 20.4 Å². The number of carbonyl (C=O) groups is 3. The van der Waals surface area contributed by atoms with Crippen molar-refractivity contribution in [2.45, 2.75) is 26.2 Å². The highest BCUT2D eigenvalue weighted by Gasteiger charge is 2.11. The van der Waals surface area contributed by atoms with Crippen molar-refractivity contribution in [2.75, 3.05) is 24.4 Å². The van der Waals surface area contributed by atoms with Gasteiger partial charge in [-0.1, -0.05) is 13.3 Å². The van der Waals surface area contributed by atoms with Crippen LogP contribution in [-0.4, -0.2) is 36.7 Å². The van der Waals surface area contributed by atoms with Crippen molar-refractivity contribution >= 4 is 40.1 Å². The molecule has 0 bridgehead atoms. The lowest BCUT2D eigenvalue weighted by Gasteiger charge is -2.06. The van der Waals surface area contributed by atoms with Crippen LogP contribution < -0.4 is 10.6 Å². The fourth-order valence-electron chi connectivity index (χ4n) is 2.04. The highest BCUT2D eigenvalue weighted by Crippen LogP contribution is 2.17. The highest BCUT2D eigenvalue weighted by molar-refractivity contribution is 7.13. The molecule has 0 aliphatic heterocycles. The average molecular weight is 391 g/mol. The number of carbonyl (C=O) groups excluding carboxylic acids is 3. The number of rotatable bonds is 8. The van der Waals surface area contributed by atoms with Gasteiger partial charge in [-0.25, -0.2) is 14.6 Å². The monoisotopic (exact) mass is 391 g/mol. The normalized spacial score (nSPS) is 10.1. The Balaban J connectivity index is 1.85. The van der Waals surface area contributed by atoms with Gasteiger partial charge >= 0.3 is 12.1 Å². The maximum atomic E-state index is 12.1. The van der Waals surface area contributed by atoms with Crippen LogP contribution in [0.4, 0.5) is 15.6 Å². The first-order chi connectivity index (χ1) is 13.0. The van der Waals surface area contributed by atoms with Gasteiger partial charge in [0.25, 0.3) is 0 Å². The quantitative estimate of drug-likeness (QED) is 0.527. The molecule has 2 aromatic rings. The molecule has 8 nitrogen and oxygen atoms in total. The lowest BCUT2D eigenvalue weighted by atomic mass is 10.2. The van der Waals surface area contributed by atoms with Crippen LogP contribution in [0.3, 0.4) is 0 Å². The van der Waals surface area contributed by atoms with Gasteiger partial charge in [0.15, 0.2) is 5.13 Å². The second kappa shape index (κ2) is 10.3. The van der Waals surface area contributed by atoms with Crippen molar-refractivity contribution in [3.05, 3.63) is 40.9 Å². The number of nitrogens with zero attached hydrogens (tertiary/aromatic N) is 1. The second-order valence-corrected chi connectivity index (χ2v) is 6.41. The SMILES string of the molecule is CCCCOC(=O)c1ccc(NC(=O)Cc2csc(NC(=O)OC)n2)cc1. The molecule has 2 N–H and O–H groups in total. The number of hydrogen-bond donors (Lipinski definition) is 2. The zero-order valence-corrected chi connectivity index (χ0v) is 15.9. The lowest BCUT2D eigenvalue weighted by Crippen LogP contribution is -2.15. The molecular formula is C18H21N3O5S. The number of amides is 2. The number of unbranched alkanes of at least 4 members (excludes halogenated alkanes) is 1. The van der Waals surface area contributed by atoms with E-state index in [4.69, 9.17) is 4.74 Å². The fraction of sp³-hybridized carbons (Fsp3) is 0.333. The van der Waals surface area contributed by atoms with E-state index in [1.807, 2.05) is 6.92 Å². The van der Waals surface area contributed by atoms with Gasteiger partial charge < -0.3 is 14.8 Å². The summed E-state index contributed by atoms with van der Waals surface area (Å²) >= 11 is 1.20. The Kier molecular flexibility index (Phi) is 7.75. The number of thiazole rings is 1. The van der Waals surface area contributed by atoms with Crippen molar-refractivity contribution in [3.63, 3.8) is 0 Å². The van der Waals surface area contributed by atoms with Crippen LogP contribution >= 0.6 is 11.3 Å². The van der Waals surface area contributed by atoms with E-state index in [9.17, 15) is 14.4 Å². The molecule has 0 aliphatic rings.